The van der Waals surface area contributed by atoms with Crippen LogP contribution in [0.5, 0.6) is 0 Å². The van der Waals surface area contributed by atoms with E-state index in [1.54, 1.807) is 48.6 Å². The molecule has 148 valence electrons. The van der Waals surface area contributed by atoms with Crippen LogP contribution in [0.15, 0.2) is 60.8 Å². The monoisotopic (exact) mass is 390 g/mol. The number of rotatable bonds is 8. The number of hydrogen-bond acceptors (Lipinski definition) is 5. The van der Waals surface area contributed by atoms with E-state index in [0.717, 1.165) is 0 Å². The smallest absolute Gasteiger partial charge is 0.331 e. The van der Waals surface area contributed by atoms with E-state index in [-0.39, 0.29) is 28.0 Å². The Hall–Kier alpha value is -2.14. The summed E-state index contributed by atoms with van der Waals surface area (Å²) < 4.78 is 4.95. The Morgan fingerprint density at radius 2 is 1.19 bits per heavy atom. The van der Waals surface area contributed by atoms with Gasteiger partial charge < -0.3 is 4.74 Å². The Morgan fingerprint density at radius 3 is 1.63 bits per heavy atom. The number of hydrogen-bond donors (Lipinski definition) is 0. The molecule has 0 aromatic heterocycles. The standard InChI is InChI=1S/C22H30O4S/c1-21(2,3)26-19(24)16-14-12-10-8-7-9-11-13-15-18(23)17-20(25)27-22(4,5)6/h7-16H,17H2,1-6H3/b8-7+,11-9+,12-10+,15-13+,16-14+. The van der Waals surface area contributed by atoms with E-state index in [2.05, 4.69) is 0 Å². The summed E-state index contributed by atoms with van der Waals surface area (Å²) in [5.41, 5.74) is -0.497. The lowest BCUT2D eigenvalue weighted by atomic mass is 10.2. The number of ether oxygens (including phenoxy) is 1. The van der Waals surface area contributed by atoms with Crippen molar-refractivity contribution in [3.63, 3.8) is 0 Å². The van der Waals surface area contributed by atoms with Crippen molar-refractivity contribution in [3.8, 4) is 0 Å². The highest BCUT2D eigenvalue weighted by Crippen LogP contribution is 2.25. The third kappa shape index (κ3) is 18.4. The van der Waals surface area contributed by atoms with Crippen molar-refractivity contribution < 1.29 is 19.1 Å². The average Bonchev–Trinajstić information content (AvgIpc) is 2.45. The first-order chi connectivity index (χ1) is 12.4. The zero-order chi connectivity index (χ0) is 20.9. The number of ketones is 1. The Bertz CT molecular complexity index is 651. The molecule has 0 saturated heterocycles. The van der Waals surface area contributed by atoms with Gasteiger partial charge in [0.1, 0.15) is 5.60 Å². The fraction of sp³-hybridized carbons (Fsp3) is 0.409. The molecule has 0 aromatic carbocycles. The molecule has 0 saturated carbocycles. The summed E-state index contributed by atoms with van der Waals surface area (Å²) >= 11 is 1.18. The van der Waals surface area contributed by atoms with Crippen molar-refractivity contribution in [1.29, 1.82) is 0 Å². The maximum atomic E-state index is 11.7. The van der Waals surface area contributed by atoms with Crippen molar-refractivity contribution in [2.45, 2.75) is 58.3 Å². The first-order valence-electron chi connectivity index (χ1n) is 8.71. The average molecular weight is 391 g/mol. The third-order valence-corrected chi connectivity index (χ3v) is 3.42. The van der Waals surface area contributed by atoms with Gasteiger partial charge in [-0.05, 0) is 26.8 Å². The fourth-order valence-electron chi connectivity index (χ4n) is 1.60. The molecule has 0 amide bonds. The Kier molecular flexibility index (Phi) is 11.3. The van der Waals surface area contributed by atoms with Crippen LogP contribution in [0.2, 0.25) is 0 Å². The second-order valence-corrected chi connectivity index (χ2v) is 9.52. The lowest BCUT2D eigenvalue weighted by Crippen LogP contribution is -2.22. The van der Waals surface area contributed by atoms with Crippen LogP contribution in [-0.4, -0.2) is 27.2 Å². The van der Waals surface area contributed by atoms with Crippen LogP contribution in [-0.2, 0) is 19.1 Å². The molecular formula is C22H30O4S. The van der Waals surface area contributed by atoms with Gasteiger partial charge in [-0.1, -0.05) is 81.1 Å². The van der Waals surface area contributed by atoms with Crippen molar-refractivity contribution in [2.24, 2.45) is 0 Å². The SMILES string of the molecule is CC(C)(C)OC(=O)/C=C/C=C/C=C/C=C/C=C/C(=O)CC(=O)SC(C)(C)C. The molecule has 4 nitrogen and oxygen atoms in total. The molecule has 0 aromatic rings. The van der Waals surface area contributed by atoms with Crippen LogP contribution >= 0.6 is 11.8 Å². The largest absolute Gasteiger partial charge is 0.457 e. The van der Waals surface area contributed by atoms with Gasteiger partial charge in [-0.3, -0.25) is 9.59 Å². The molecule has 0 unspecified atom stereocenters. The predicted octanol–water partition coefficient (Wildman–Crippen LogP) is 5.13. The van der Waals surface area contributed by atoms with Gasteiger partial charge in [0.05, 0.1) is 6.42 Å². The van der Waals surface area contributed by atoms with E-state index in [1.807, 2.05) is 41.5 Å². The Labute approximate surface area is 167 Å². The summed E-state index contributed by atoms with van der Waals surface area (Å²) in [6.45, 7) is 11.3. The summed E-state index contributed by atoms with van der Waals surface area (Å²) in [6.07, 6.45) is 16.4. The Balaban J connectivity index is 4.17. The number of thioether (sulfide) groups is 1. The molecule has 0 atom stereocenters. The molecule has 0 spiro atoms. The van der Waals surface area contributed by atoms with Crippen LogP contribution in [0.25, 0.3) is 0 Å². The summed E-state index contributed by atoms with van der Waals surface area (Å²) in [5, 5.41) is -0.120. The zero-order valence-electron chi connectivity index (χ0n) is 17.0. The predicted molar refractivity (Wildman–Crippen MR) is 114 cm³/mol. The molecule has 5 heteroatoms. The van der Waals surface area contributed by atoms with Crippen molar-refractivity contribution in [1.82, 2.24) is 0 Å². The maximum absolute atomic E-state index is 11.7. The fourth-order valence-corrected chi connectivity index (χ4v) is 2.49. The van der Waals surface area contributed by atoms with E-state index in [9.17, 15) is 14.4 Å². The van der Waals surface area contributed by atoms with Gasteiger partial charge in [0.2, 0.25) is 0 Å². The molecule has 0 bridgehead atoms. The molecular weight excluding hydrogens is 360 g/mol. The van der Waals surface area contributed by atoms with Gasteiger partial charge in [-0.25, -0.2) is 4.79 Å². The number of carbonyl (C=O) groups excluding carboxylic acids is 3. The number of carbonyl (C=O) groups is 3. The first kappa shape index (κ1) is 24.9. The first-order valence-corrected chi connectivity index (χ1v) is 9.53. The lowest BCUT2D eigenvalue weighted by molar-refractivity contribution is -0.148. The van der Waals surface area contributed by atoms with Crippen molar-refractivity contribution >= 4 is 28.6 Å². The minimum absolute atomic E-state index is 0.0885. The second kappa shape index (κ2) is 12.3. The number of allylic oxidation sites excluding steroid dienone is 9. The Morgan fingerprint density at radius 1 is 0.741 bits per heavy atom. The van der Waals surface area contributed by atoms with Gasteiger partial charge in [-0.2, -0.15) is 0 Å². The van der Waals surface area contributed by atoms with Crippen LogP contribution in [0.1, 0.15) is 48.0 Å². The summed E-state index contributed by atoms with van der Waals surface area (Å²) in [4.78, 5) is 34.8. The second-order valence-electron chi connectivity index (χ2n) is 7.64. The highest BCUT2D eigenvalue weighted by molar-refractivity contribution is 8.14. The zero-order valence-corrected chi connectivity index (χ0v) is 17.8. The van der Waals surface area contributed by atoms with Crippen molar-refractivity contribution in [3.05, 3.63) is 60.8 Å². The van der Waals surface area contributed by atoms with Crippen molar-refractivity contribution in [2.75, 3.05) is 0 Å². The van der Waals surface area contributed by atoms with Crippen LogP contribution in [0, 0.1) is 0 Å². The molecule has 0 N–H and O–H groups in total. The minimum Gasteiger partial charge on any atom is -0.457 e. The molecule has 27 heavy (non-hydrogen) atoms. The van der Waals surface area contributed by atoms with Crippen LogP contribution in [0.3, 0.4) is 0 Å². The molecule has 0 heterocycles. The van der Waals surface area contributed by atoms with E-state index in [1.165, 1.54) is 23.9 Å². The summed E-state index contributed by atoms with van der Waals surface area (Å²) in [7, 11) is 0. The van der Waals surface area contributed by atoms with E-state index in [4.69, 9.17) is 4.74 Å². The maximum Gasteiger partial charge on any atom is 0.331 e. The molecule has 0 radical (unpaired) electrons. The summed E-state index contributed by atoms with van der Waals surface area (Å²) in [5.74, 6) is -0.595. The van der Waals surface area contributed by atoms with E-state index in [0.29, 0.717) is 0 Å². The van der Waals surface area contributed by atoms with Gasteiger partial charge in [0, 0.05) is 10.8 Å². The number of esters is 1. The molecule has 0 aliphatic rings. The molecule has 0 rings (SSSR count). The third-order valence-electron chi connectivity index (χ3n) is 2.44. The van der Waals surface area contributed by atoms with Gasteiger partial charge in [-0.15, -0.1) is 0 Å². The van der Waals surface area contributed by atoms with Gasteiger partial charge in [0.15, 0.2) is 10.9 Å². The van der Waals surface area contributed by atoms with Gasteiger partial charge in [0.25, 0.3) is 0 Å². The topological polar surface area (TPSA) is 60.4 Å². The summed E-state index contributed by atoms with van der Waals surface area (Å²) in [6, 6.07) is 0. The highest BCUT2D eigenvalue weighted by Gasteiger charge is 2.18. The highest BCUT2D eigenvalue weighted by atomic mass is 32.2. The van der Waals surface area contributed by atoms with E-state index >= 15 is 0 Å². The normalized spacial score (nSPS) is 13.6. The molecule has 0 aliphatic heterocycles. The van der Waals surface area contributed by atoms with Crippen LogP contribution in [0.4, 0.5) is 0 Å². The molecule has 0 fully saturated rings. The quantitative estimate of drug-likeness (QED) is 0.249. The minimum atomic E-state index is -0.497. The van der Waals surface area contributed by atoms with Gasteiger partial charge >= 0.3 is 5.97 Å². The molecule has 0 aliphatic carbocycles. The van der Waals surface area contributed by atoms with E-state index < -0.39 is 5.60 Å². The lowest BCUT2D eigenvalue weighted by Gasteiger charge is -2.17. The van der Waals surface area contributed by atoms with Crippen LogP contribution < -0.4 is 0 Å².